The van der Waals surface area contributed by atoms with Crippen LogP contribution in [0.4, 0.5) is 0 Å². The molecule has 0 saturated heterocycles. The van der Waals surface area contributed by atoms with E-state index in [-0.39, 0.29) is 5.78 Å². The lowest BCUT2D eigenvalue weighted by molar-refractivity contribution is 0.104. The van der Waals surface area contributed by atoms with E-state index in [2.05, 4.69) is 24.0 Å². The minimum atomic E-state index is 0.0221. The summed E-state index contributed by atoms with van der Waals surface area (Å²) in [6.45, 7) is 2.66. The molecule has 5 nitrogen and oxygen atoms in total. The normalized spacial score (nSPS) is 13.8. The van der Waals surface area contributed by atoms with Gasteiger partial charge in [0.1, 0.15) is 5.75 Å². The van der Waals surface area contributed by atoms with Crippen LogP contribution < -0.4 is 14.2 Å². The second kappa shape index (κ2) is 9.69. The number of hydrogen-bond acceptors (Lipinski definition) is 5. The molecule has 0 unspecified atom stereocenters. The third kappa shape index (κ3) is 4.67. The van der Waals surface area contributed by atoms with E-state index < -0.39 is 0 Å². The van der Waals surface area contributed by atoms with Gasteiger partial charge in [-0.2, -0.15) is 0 Å². The number of nitrogens with zero attached hydrogens (tertiary/aromatic N) is 1. The third-order valence-electron chi connectivity index (χ3n) is 5.65. The summed E-state index contributed by atoms with van der Waals surface area (Å²) in [6, 6.07) is 15.6. The maximum atomic E-state index is 12.9. The van der Waals surface area contributed by atoms with Gasteiger partial charge in [-0.3, -0.25) is 9.78 Å². The zero-order valence-electron chi connectivity index (χ0n) is 18.7. The lowest BCUT2D eigenvalue weighted by Gasteiger charge is -2.08. The number of hydrogen-bond donors (Lipinski definition) is 0. The standard InChI is InChI=1S/C27H27NO4/c1-4-18-8-9-22(28-17-18)10-11-32-23-7-5-6-19(13-23)12-21-14-20-15-25(30-2)26(31-3)16-24(20)27(21)29/h5-9,12-13,15-17H,4,10-11,14H2,1-3H3. The fraction of sp³-hybridized carbons (Fsp3) is 0.259. The van der Waals surface area contributed by atoms with Crippen molar-refractivity contribution < 1.29 is 19.0 Å². The number of allylic oxidation sites excluding steroid dienone is 1. The number of carbonyl (C=O) groups excluding carboxylic acids is 1. The topological polar surface area (TPSA) is 57.7 Å². The molecule has 0 radical (unpaired) electrons. The highest BCUT2D eigenvalue weighted by Gasteiger charge is 2.27. The number of aryl methyl sites for hydroxylation is 1. The summed E-state index contributed by atoms with van der Waals surface area (Å²) in [5.74, 6) is 1.99. The van der Waals surface area contributed by atoms with E-state index in [0.29, 0.717) is 30.1 Å². The van der Waals surface area contributed by atoms with E-state index >= 15 is 0 Å². The molecule has 0 fully saturated rings. The highest BCUT2D eigenvalue weighted by Crippen LogP contribution is 2.37. The number of ketones is 1. The van der Waals surface area contributed by atoms with Gasteiger partial charge in [0.25, 0.3) is 0 Å². The van der Waals surface area contributed by atoms with Crippen LogP contribution in [0.3, 0.4) is 0 Å². The Balaban J connectivity index is 1.44. The van der Waals surface area contributed by atoms with Crippen LogP contribution in [-0.2, 0) is 19.3 Å². The molecule has 4 rings (SSSR count). The molecule has 0 aliphatic heterocycles. The number of pyridine rings is 1. The van der Waals surface area contributed by atoms with Gasteiger partial charge in [0.2, 0.25) is 0 Å². The van der Waals surface area contributed by atoms with Gasteiger partial charge in [0, 0.05) is 35.9 Å². The van der Waals surface area contributed by atoms with Gasteiger partial charge in [0.15, 0.2) is 17.3 Å². The van der Waals surface area contributed by atoms with Crippen LogP contribution in [0.25, 0.3) is 6.08 Å². The van der Waals surface area contributed by atoms with E-state index in [9.17, 15) is 4.79 Å². The largest absolute Gasteiger partial charge is 0.493 e. The van der Waals surface area contributed by atoms with Crippen molar-refractivity contribution in [2.45, 2.75) is 26.2 Å². The summed E-state index contributed by atoms with van der Waals surface area (Å²) >= 11 is 0. The van der Waals surface area contributed by atoms with Crippen molar-refractivity contribution >= 4 is 11.9 Å². The molecule has 164 valence electrons. The zero-order chi connectivity index (χ0) is 22.5. The van der Waals surface area contributed by atoms with Gasteiger partial charge >= 0.3 is 0 Å². The Labute approximate surface area is 188 Å². The van der Waals surface area contributed by atoms with E-state index in [4.69, 9.17) is 14.2 Å². The lowest BCUT2D eigenvalue weighted by atomic mass is 10.1. The second-order valence-electron chi connectivity index (χ2n) is 7.72. The van der Waals surface area contributed by atoms with Crippen LogP contribution in [0, 0.1) is 0 Å². The van der Waals surface area contributed by atoms with Crippen molar-refractivity contribution in [3.05, 3.63) is 88.2 Å². The Bertz CT molecular complexity index is 1150. The minimum Gasteiger partial charge on any atom is -0.493 e. The number of fused-ring (bicyclic) bond motifs is 1. The molecule has 2 aromatic carbocycles. The Morgan fingerprint density at radius 2 is 1.84 bits per heavy atom. The summed E-state index contributed by atoms with van der Waals surface area (Å²) < 4.78 is 16.6. The number of methoxy groups -OCH3 is 2. The quantitative estimate of drug-likeness (QED) is 0.466. The van der Waals surface area contributed by atoms with Crippen molar-refractivity contribution in [1.29, 1.82) is 0 Å². The number of aromatic nitrogens is 1. The van der Waals surface area contributed by atoms with Gasteiger partial charge in [-0.25, -0.2) is 0 Å². The van der Waals surface area contributed by atoms with E-state index in [1.165, 1.54) is 5.56 Å². The number of rotatable bonds is 8. The number of benzene rings is 2. The average molecular weight is 430 g/mol. The molecule has 32 heavy (non-hydrogen) atoms. The van der Waals surface area contributed by atoms with Gasteiger partial charge in [0.05, 0.1) is 20.8 Å². The molecule has 5 heteroatoms. The summed E-state index contributed by atoms with van der Waals surface area (Å²) in [6.07, 6.45) is 6.15. The Morgan fingerprint density at radius 3 is 2.56 bits per heavy atom. The minimum absolute atomic E-state index is 0.0221. The SMILES string of the molecule is CCc1ccc(CCOc2cccc(C=C3Cc4cc(OC)c(OC)cc4C3=O)c2)nc1. The maximum Gasteiger partial charge on any atom is 0.189 e. The van der Waals surface area contributed by atoms with Crippen molar-refractivity contribution in [2.75, 3.05) is 20.8 Å². The smallest absolute Gasteiger partial charge is 0.189 e. The molecule has 0 spiro atoms. The van der Waals surface area contributed by atoms with E-state index in [1.807, 2.05) is 42.6 Å². The first-order chi connectivity index (χ1) is 15.6. The molecular formula is C27H27NO4. The van der Waals surface area contributed by atoms with E-state index in [0.717, 1.165) is 41.0 Å². The van der Waals surface area contributed by atoms with Crippen LogP contribution in [0.1, 0.15) is 39.7 Å². The summed E-state index contributed by atoms with van der Waals surface area (Å²) in [5, 5.41) is 0. The van der Waals surface area contributed by atoms with Crippen molar-refractivity contribution in [1.82, 2.24) is 4.98 Å². The van der Waals surface area contributed by atoms with Crippen LogP contribution in [-0.4, -0.2) is 31.6 Å². The van der Waals surface area contributed by atoms with Gasteiger partial charge in [-0.15, -0.1) is 0 Å². The Morgan fingerprint density at radius 1 is 1.03 bits per heavy atom. The molecule has 3 aromatic rings. The highest BCUT2D eigenvalue weighted by molar-refractivity contribution is 6.15. The van der Waals surface area contributed by atoms with Crippen molar-refractivity contribution in [3.8, 4) is 17.2 Å². The van der Waals surface area contributed by atoms with Crippen molar-refractivity contribution in [3.63, 3.8) is 0 Å². The monoisotopic (exact) mass is 429 g/mol. The fourth-order valence-corrected chi connectivity index (χ4v) is 3.83. The van der Waals surface area contributed by atoms with Crippen LogP contribution >= 0.6 is 0 Å². The van der Waals surface area contributed by atoms with Crippen LogP contribution in [0.5, 0.6) is 17.2 Å². The highest BCUT2D eigenvalue weighted by atomic mass is 16.5. The average Bonchev–Trinajstić information content (AvgIpc) is 3.13. The van der Waals surface area contributed by atoms with Gasteiger partial charge < -0.3 is 14.2 Å². The van der Waals surface area contributed by atoms with Gasteiger partial charge in [-0.1, -0.05) is 25.1 Å². The first-order valence-corrected chi connectivity index (χ1v) is 10.8. The zero-order valence-corrected chi connectivity index (χ0v) is 18.7. The maximum absolute atomic E-state index is 12.9. The molecule has 1 aliphatic carbocycles. The Hall–Kier alpha value is -3.60. The Kier molecular flexibility index (Phi) is 6.55. The number of Topliss-reactive ketones (excluding diaryl/α,β-unsaturated/α-hetero) is 1. The summed E-state index contributed by atoms with van der Waals surface area (Å²) in [4.78, 5) is 17.4. The molecule has 0 N–H and O–H groups in total. The molecule has 0 saturated carbocycles. The molecule has 0 amide bonds. The molecule has 0 atom stereocenters. The van der Waals surface area contributed by atoms with Crippen LogP contribution in [0.2, 0.25) is 0 Å². The fourth-order valence-electron chi connectivity index (χ4n) is 3.83. The number of carbonyl (C=O) groups is 1. The summed E-state index contributed by atoms with van der Waals surface area (Å²) in [5.41, 5.74) is 5.54. The molecule has 1 aliphatic rings. The molecule has 1 heterocycles. The van der Waals surface area contributed by atoms with Crippen molar-refractivity contribution in [2.24, 2.45) is 0 Å². The third-order valence-corrected chi connectivity index (χ3v) is 5.65. The van der Waals surface area contributed by atoms with E-state index in [1.54, 1.807) is 20.3 Å². The van der Waals surface area contributed by atoms with Crippen LogP contribution in [0.15, 0.2) is 60.3 Å². The first kappa shape index (κ1) is 21.6. The molecular weight excluding hydrogens is 402 g/mol. The molecule has 0 bridgehead atoms. The summed E-state index contributed by atoms with van der Waals surface area (Å²) in [7, 11) is 3.17. The molecule has 1 aromatic heterocycles. The first-order valence-electron chi connectivity index (χ1n) is 10.8. The predicted molar refractivity (Wildman–Crippen MR) is 125 cm³/mol. The second-order valence-corrected chi connectivity index (χ2v) is 7.72. The van der Waals surface area contributed by atoms with Gasteiger partial charge in [-0.05, 0) is 59.5 Å². The lowest BCUT2D eigenvalue weighted by Crippen LogP contribution is -2.03. The predicted octanol–water partition coefficient (Wildman–Crippen LogP) is 5.11. The number of ether oxygens (including phenoxy) is 3.